The number of benzene rings is 1. The van der Waals surface area contributed by atoms with Crippen LogP contribution < -0.4 is 0 Å². The topological polar surface area (TPSA) is 33.6 Å². The molecule has 0 saturated heterocycles. The van der Waals surface area contributed by atoms with E-state index in [1.54, 1.807) is 0 Å². The van der Waals surface area contributed by atoms with Gasteiger partial charge in [0.05, 0.1) is 0 Å². The van der Waals surface area contributed by atoms with Gasteiger partial charge >= 0.3 is 0 Å². The number of H-pyrrole nitrogens is 1. The van der Waals surface area contributed by atoms with Crippen molar-refractivity contribution in [2.45, 2.75) is 20.4 Å². The van der Waals surface area contributed by atoms with Crippen LogP contribution in [-0.2, 0) is 6.54 Å². The monoisotopic (exact) mass is 267 g/mol. The van der Waals surface area contributed by atoms with Crippen molar-refractivity contribution in [2.75, 3.05) is 0 Å². The van der Waals surface area contributed by atoms with Gasteiger partial charge in [-0.2, -0.15) is 5.10 Å². The molecule has 1 N–H and O–H groups in total. The zero-order valence-corrected chi connectivity index (χ0v) is 11.3. The Morgan fingerprint density at radius 2 is 2.24 bits per heavy atom. The lowest BCUT2D eigenvalue weighted by atomic mass is 10.2. The maximum Gasteiger partial charge on any atom is 0.195 e. The Morgan fingerprint density at radius 3 is 2.88 bits per heavy atom. The molecule has 0 bridgehead atoms. The molecule has 2 aromatic rings. The molecule has 0 spiro atoms. The Hall–Kier alpha value is -1.13. The quantitative estimate of drug-likeness (QED) is 0.856. The molecule has 0 unspecified atom stereocenters. The minimum atomic E-state index is 0.511. The predicted octanol–water partition coefficient (Wildman–Crippen LogP) is 3.92. The molecule has 0 aliphatic carbocycles. The lowest BCUT2D eigenvalue weighted by Crippen LogP contribution is -2.06. The van der Waals surface area contributed by atoms with E-state index in [4.69, 9.17) is 23.8 Å². The Morgan fingerprint density at radius 1 is 1.47 bits per heavy atom. The van der Waals surface area contributed by atoms with Crippen LogP contribution in [-0.4, -0.2) is 14.8 Å². The first-order valence-corrected chi connectivity index (χ1v) is 6.27. The minimum absolute atomic E-state index is 0.511. The van der Waals surface area contributed by atoms with E-state index < -0.39 is 0 Å². The smallest absolute Gasteiger partial charge is 0.195 e. The van der Waals surface area contributed by atoms with Crippen molar-refractivity contribution in [3.05, 3.63) is 34.1 Å². The van der Waals surface area contributed by atoms with Gasteiger partial charge in [0.1, 0.15) is 0 Å². The first kappa shape index (κ1) is 12.3. The lowest BCUT2D eigenvalue weighted by Gasteiger charge is -2.09. The molecular weight excluding hydrogens is 254 g/mol. The van der Waals surface area contributed by atoms with Crippen molar-refractivity contribution >= 4 is 23.8 Å². The molecule has 5 heteroatoms. The molecule has 3 nitrogen and oxygen atoms in total. The van der Waals surface area contributed by atoms with Gasteiger partial charge in [-0.05, 0) is 30.3 Å². The normalized spacial score (nSPS) is 11.1. The number of aromatic nitrogens is 3. The Kier molecular flexibility index (Phi) is 3.64. The van der Waals surface area contributed by atoms with E-state index >= 15 is 0 Å². The molecule has 0 aliphatic heterocycles. The summed E-state index contributed by atoms with van der Waals surface area (Å²) in [5.74, 6) is 1.35. The number of hydrogen-bond donors (Lipinski definition) is 1. The van der Waals surface area contributed by atoms with E-state index in [2.05, 4.69) is 24.0 Å². The summed E-state index contributed by atoms with van der Waals surface area (Å²) in [7, 11) is 0. The minimum Gasteiger partial charge on any atom is -0.300 e. The number of rotatable bonds is 3. The number of nitrogens with zero attached hydrogens (tertiary/aromatic N) is 2. The summed E-state index contributed by atoms with van der Waals surface area (Å²) in [6, 6.07) is 7.63. The van der Waals surface area contributed by atoms with Crippen LogP contribution in [0.1, 0.15) is 13.8 Å². The fraction of sp³-hybridized carbons (Fsp3) is 0.333. The van der Waals surface area contributed by atoms with Crippen molar-refractivity contribution in [3.63, 3.8) is 0 Å². The van der Waals surface area contributed by atoms with E-state index in [1.165, 1.54) is 0 Å². The highest BCUT2D eigenvalue weighted by atomic mass is 35.5. The van der Waals surface area contributed by atoms with E-state index in [0.717, 1.165) is 17.9 Å². The molecule has 0 amide bonds. The summed E-state index contributed by atoms with van der Waals surface area (Å²) < 4.78 is 2.65. The highest BCUT2D eigenvalue weighted by molar-refractivity contribution is 7.71. The van der Waals surface area contributed by atoms with Gasteiger partial charge in [-0.15, -0.1) is 0 Å². The third kappa shape index (κ3) is 2.76. The second-order valence-corrected chi connectivity index (χ2v) is 5.19. The maximum atomic E-state index is 5.99. The number of hydrogen-bond acceptors (Lipinski definition) is 2. The highest BCUT2D eigenvalue weighted by Crippen LogP contribution is 2.21. The first-order valence-electron chi connectivity index (χ1n) is 5.49. The average Bonchev–Trinajstić information content (AvgIpc) is 2.60. The maximum absolute atomic E-state index is 5.99. The summed E-state index contributed by atoms with van der Waals surface area (Å²) in [4.78, 5) is 0. The Balaban J connectivity index is 2.49. The molecule has 2 rings (SSSR count). The summed E-state index contributed by atoms with van der Waals surface area (Å²) >= 11 is 11.2. The lowest BCUT2D eigenvalue weighted by molar-refractivity contribution is 0.521. The van der Waals surface area contributed by atoms with Crippen LogP contribution in [0.4, 0.5) is 0 Å². The molecule has 0 saturated carbocycles. The van der Waals surface area contributed by atoms with Crippen molar-refractivity contribution in [3.8, 4) is 11.4 Å². The number of nitrogens with one attached hydrogen (secondary N) is 1. The van der Waals surface area contributed by atoms with Crippen LogP contribution in [0.15, 0.2) is 24.3 Å². The van der Waals surface area contributed by atoms with E-state index in [1.807, 2.05) is 28.8 Å². The summed E-state index contributed by atoms with van der Waals surface area (Å²) in [6.45, 7) is 5.14. The van der Waals surface area contributed by atoms with Gasteiger partial charge in [0.15, 0.2) is 10.6 Å². The van der Waals surface area contributed by atoms with Gasteiger partial charge in [0.25, 0.3) is 0 Å². The molecule has 1 aromatic heterocycles. The second kappa shape index (κ2) is 5.02. The fourth-order valence-corrected chi connectivity index (χ4v) is 2.10. The van der Waals surface area contributed by atoms with Gasteiger partial charge in [-0.25, -0.2) is 0 Å². The van der Waals surface area contributed by atoms with Crippen molar-refractivity contribution in [2.24, 2.45) is 5.92 Å². The zero-order chi connectivity index (χ0) is 12.4. The number of aromatic amines is 1. The second-order valence-electron chi connectivity index (χ2n) is 4.37. The molecule has 17 heavy (non-hydrogen) atoms. The molecule has 0 fully saturated rings. The van der Waals surface area contributed by atoms with Crippen LogP contribution in [0, 0.1) is 10.7 Å². The molecule has 0 atom stereocenters. The molecule has 0 radical (unpaired) electrons. The highest BCUT2D eigenvalue weighted by Gasteiger charge is 2.10. The summed E-state index contributed by atoms with van der Waals surface area (Å²) in [6.07, 6.45) is 0. The largest absolute Gasteiger partial charge is 0.300 e. The number of halogens is 1. The third-order valence-corrected chi connectivity index (χ3v) is 2.94. The third-order valence-electron chi connectivity index (χ3n) is 2.39. The predicted molar refractivity (Wildman–Crippen MR) is 72.7 cm³/mol. The molecule has 90 valence electrons. The van der Waals surface area contributed by atoms with E-state index in [9.17, 15) is 0 Å². The first-order chi connectivity index (χ1) is 8.08. The van der Waals surface area contributed by atoms with Crippen LogP contribution in [0.5, 0.6) is 0 Å². The van der Waals surface area contributed by atoms with Gasteiger partial charge < -0.3 is 0 Å². The van der Waals surface area contributed by atoms with Gasteiger partial charge in [0.2, 0.25) is 0 Å². The Labute approximate surface area is 110 Å². The van der Waals surface area contributed by atoms with Crippen molar-refractivity contribution in [1.82, 2.24) is 14.8 Å². The van der Waals surface area contributed by atoms with Gasteiger partial charge in [0, 0.05) is 17.1 Å². The zero-order valence-electron chi connectivity index (χ0n) is 9.77. The summed E-state index contributed by atoms with van der Waals surface area (Å²) in [5, 5.41) is 7.80. The molecule has 1 aromatic carbocycles. The molecule has 1 heterocycles. The molecule has 0 aliphatic rings. The SMILES string of the molecule is CC(C)Cn1c(-c2cccc(Cl)c2)n[nH]c1=S. The standard InChI is InChI=1S/C12H14ClN3S/c1-8(2)7-16-11(14-15-12(16)17)9-4-3-5-10(13)6-9/h3-6,8H,7H2,1-2H3,(H,15,17). The molecular formula is C12H14ClN3S. The van der Waals surface area contributed by atoms with Crippen LogP contribution in [0.2, 0.25) is 5.02 Å². The summed E-state index contributed by atoms with van der Waals surface area (Å²) in [5.41, 5.74) is 0.977. The van der Waals surface area contributed by atoms with Crippen molar-refractivity contribution < 1.29 is 0 Å². The van der Waals surface area contributed by atoms with Crippen LogP contribution in [0.3, 0.4) is 0 Å². The van der Waals surface area contributed by atoms with E-state index in [0.29, 0.717) is 15.7 Å². The van der Waals surface area contributed by atoms with Crippen molar-refractivity contribution in [1.29, 1.82) is 0 Å². The Bertz CT molecular complexity index is 571. The van der Waals surface area contributed by atoms with Gasteiger partial charge in [-0.1, -0.05) is 37.6 Å². The van der Waals surface area contributed by atoms with Crippen LogP contribution >= 0.6 is 23.8 Å². The van der Waals surface area contributed by atoms with E-state index in [-0.39, 0.29) is 0 Å². The average molecular weight is 268 g/mol. The van der Waals surface area contributed by atoms with Gasteiger partial charge in [-0.3, -0.25) is 9.67 Å². The fourth-order valence-electron chi connectivity index (χ4n) is 1.70. The van der Waals surface area contributed by atoms with Crippen LogP contribution in [0.25, 0.3) is 11.4 Å².